The van der Waals surface area contributed by atoms with E-state index in [1.54, 1.807) is 5.38 Å². The Balaban J connectivity index is 2.81. The topological polar surface area (TPSA) is 105 Å². The number of amides is 1. The average Bonchev–Trinajstić information content (AvgIpc) is 2.77. The Bertz CT molecular complexity index is 446. The number of carboxylic acid groups (broad SMARTS) is 1. The van der Waals surface area contributed by atoms with Crippen LogP contribution in [0.2, 0.25) is 0 Å². The molecule has 1 aromatic rings. The SMILES string of the molecule is CCCC(C)(NC(=O)c1csc(CN)n1)C(=O)O. The summed E-state index contributed by atoms with van der Waals surface area (Å²) in [6.07, 6.45) is 1.02. The largest absolute Gasteiger partial charge is 0.480 e. The van der Waals surface area contributed by atoms with Crippen molar-refractivity contribution in [2.75, 3.05) is 0 Å². The van der Waals surface area contributed by atoms with Gasteiger partial charge in [0.25, 0.3) is 5.91 Å². The summed E-state index contributed by atoms with van der Waals surface area (Å²) in [7, 11) is 0. The molecule has 0 fully saturated rings. The monoisotopic (exact) mass is 271 g/mol. The number of aromatic nitrogens is 1. The number of carboxylic acids is 1. The fourth-order valence-corrected chi connectivity index (χ4v) is 2.20. The van der Waals surface area contributed by atoms with Gasteiger partial charge in [-0.05, 0) is 13.3 Å². The molecule has 1 amide bonds. The molecule has 0 spiro atoms. The van der Waals surface area contributed by atoms with Crippen molar-refractivity contribution in [3.05, 3.63) is 16.1 Å². The average molecular weight is 271 g/mol. The lowest BCUT2D eigenvalue weighted by atomic mass is 9.96. The molecule has 1 atom stereocenters. The van der Waals surface area contributed by atoms with Crippen molar-refractivity contribution in [3.8, 4) is 0 Å². The molecule has 100 valence electrons. The third kappa shape index (κ3) is 3.27. The normalized spacial score (nSPS) is 13.9. The summed E-state index contributed by atoms with van der Waals surface area (Å²) in [6.45, 7) is 3.62. The first-order valence-corrected chi connectivity index (χ1v) is 6.51. The predicted octanol–water partition coefficient (Wildman–Crippen LogP) is 0.975. The summed E-state index contributed by atoms with van der Waals surface area (Å²) >= 11 is 1.28. The molecule has 0 radical (unpaired) electrons. The van der Waals surface area contributed by atoms with Gasteiger partial charge in [0.15, 0.2) is 0 Å². The first-order valence-electron chi connectivity index (χ1n) is 5.63. The fraction of sp³-hybridized carbons (Fsp3) is 0.545. The minimum absolute atomic E-state index is 0.212. The van der Waals surface area contributed by atoms with Gasteiger partial charge in [-0.15, -0.1) is 11.3 Å². The van der Waals surface area contributed by atoms with Crippen LogP contribution in [0, 0.1) is 0 Å². The van der Waals surface area contributed by atoms with Crippen LogP contribution in [0.25, 0.3) is 0 Å². The van der Waals surface area contributed by atoms with Crippen LogP contribution in [0.5, 0.6) is 0 Å². The Labute approximate surface area is 109 Å². The van der Waals surface area contributed by atoms with Gasteiger partial charge in [0, 0.05) is 11.9 Å². The highest BCUT2D eigenvalue weighted by molar-refractivity contribution is 7.09. The van der Waals surface area contributed by atoms with Gasteiger partial charge in [-0.25, -0.2) is 9.78 Å². The summed E-state index contributed by atoms with van der Waals surface area (Å²) in [4.78, 5) is 27.1. The second-order valence-corrected chi connectivity index (χ2v) is 5.11. The number of nitrogens with one attached hydrogen (secondary N) is 1. The molecule has 0 aliphatic carbocycles. The van der Waals surface area contributed by atoms with Gasteiger partial charge in [-0.1, -0.05) is 13.3 Å². The van der Waals surface area contributed by atoms with Crippen LogP contribution in [0.15, 0.2) is 5.38 Å². The van der Waals surface area contributed by atoms with Gasteiger partial charge in [-0.2, -0.15) is 0 Å². The predicted molar refractivity (Wildman–Crippen MR) is 68.4 cm³/mol. The Morgan fingerprint density at radius 3 is 2.72 bits per heavy atom. The lowest BCUT2D eigenvalue weighted by Gasteiger charge is -2.25. The molecule has 1 aromatic heterocycles. The van der Waals surface area contributed by atoms with Gasteiger partial charge in [0.05, 0.1) is 0 Å². The van der Waals surface area contributed by atoms with Gasteiger partial charge in [-0.3, -0.25) is 4.79 Å². The van der Waals surface area contributed by atoms with E-state index in [9.17, 15) is 9.59 Å². The third-order valence-electron chi connectivity index (χ3n) is 2.57. The van der Waals surface area contributed by atoms with Gasteiger partial charge >= 0.3 is 5.97 Å². The first-order chi connectivity index (χ1) is 8.42. The Kier molecular flexibility index (Phi) is 4.80. The van der Waals surface area contributed by atoms with E-state index in [1.807, 2.05) is 6.92 Å². The number of nitrogens with zero attached hydrogens (tertiary/aromatic N) is 1. The minimum Gasteiger partial charge on any atom is -0.480 e. The second-order valence-electron chi connectivity index (χ2n) is 4.17. The molecule has 1 unspecified atom stereocenters. The van der Waals surface area contributed by atoms with Gasteiger partial charge < -0.3 is 16.2 Å². The van der Waals surface area contributed by atoms with E-state index in [1.165, 1.54) is 18.3 Å². The van der Waals surface area contributed by atoms with E-state index in [-0.39, 0.29) is 12.2 Å². The first kappa shape index (κ1) is 14.6. The Morgan fingerprint density at radius 2 is 2.28 bits per heavy atom. The van der Waals surface area contributed by atoms with Gasteiger partial charge in [0.2, 0.25) is 0 Å². The quantitative estimate of drug-likeness (QED) is 0.715. The van der Waals surface area contributed by atoms with E-state index in [0.29, 0.717) is 17.8 Å². The summed E-state index contributed by atoms with van der Waals surface area (Å²) < 4.78 is 0. The molecule has 7 heteroatoms. The summed E-state index contributed by atoms with van der Waals surface area (Å²) in [5.74, 6) is -1.53. The van der Waals surface area contributed by atoms with E-state index < -0.39 is 17.4 Å². The van der Waals surface area contributed by atoms with Crippen molar-refractivity contribution in [3.63, 3.8) is 0 Å². The standard InChI is InChI=1S/C11H17N3O3S/c1-3-4-11(2,10(16)17)14-9(15)7-6-18-8(5-12)13-7/h6H,3-5,12H2,1-2H3,(H,14,15)(H,16,17). The molecule has 0 aromatic carbocycles. The molecule has 1 rings (SSSR count). The lowest BCUT2D eigenvalue weighted by molar-refractivity contribution is -0.144. The van der Waals surface area contributed by atoms with Crippen LogP contribution >= 0.6 is 11.3 Å². The highest BCUT2D eigenvalue weighted by Gasteiger charge is 2.34. The minimum atomic E-state index is -1.27. The Hall–Kier alpha value is -1.47. The fourth-order valence-electron chi connectivity index (χ4n) is 1.55. The summed E-state index contributed by atoms with van der Waals surface area (Å²) in [5.41, 5.74) is 4.36. The molecule has 0 saturated carbocycles. The van der Waals surface area contributed by atoms with E-state index >= 15 is 0 Å². The van der Waals surface area contributed by atoms with Crippen molar-refractivity contribution in [1.29, 1.82) is 0 Å². The zero-order valence-corrected chi connectivity index (χ0v) is 11.2. The van der Waals surface area contributed by atoms with Crippen molar-refractivity contribution in [2.24, 2.45) is 5.73 Å². The molecule has 0 saturated heterocycles. The number of hydrogen-bond acceptors (Lipinski definition) is 5. The van der Waals surface area contributed by atoms with E-state index in [4.69, 9.17) is 10.8 Å². The number of carbonyl (C=O) groups is 2. The van der Waals surface area contributed by atoms with Crippen molar-refractivity contribution < 1.29 is 14.7 Å². The number of rotatable bonds is 6. The number of thiazole rings is 1. The molecular formula is C11H17N3O3S. The van der Waals surface area contributed by atoms with Crippen molar-refractivity contribution in [1.82, 2.24) is 10.3 Å². The maximum atomic E-state index is 11.9. The zero-order chi connectivity index (χ0) is 13.8. The molecule has 1 heterocycles. The van der Waals surface area contributed by atoms with Crippen LogP contribution < -0.4 is 11.1 Å². The molecule has 4 N–H and O–H groups in total. The molecule has 0 bridgehead atoms. The van der Waals surface area contributed by atoms with Crippen LogP contribution in [-0.4, -0.2) is 27.5 Å². The highest BCUT2D eigenvalue weighted by atomic mass is 32.1. The van der Waals surface area contributed by atoms with Crippen molar-refractivity contribution >= 4 is 23.2 Å². The molecule has 18 heavy (non-hydrogen) atoms. The molecule has 6 nitrogen and oxygen atoms in total. The molecule has 0 aliphatic rings. The number of carbonyl (C=O) groups excluding carboxylic acids is 1. The van der Waals surface area contributed by atoms with Crippen LogP contribution in [0.4, 0.5) is 0 Å². The van der Waals surface area contributed by atoms with Crippen molar-refractivity contribution in [2.45, 2.75) is 38.8 Å². The molecular weight excluding hydrogens is 254 g/mol. The lowest BCUT2D eigenvalue weighted by Crippen LogP contribution is -2.52. The Morgan fingerprint density at radius 1 is 1.61 bits per heavy atom. The highest BCUT2D eigenvalue weighted by Crippen LogP contribution is 2.15. The second kappa shape index (κ2) is 5.92. The number of aliphatic carboxylic acids is 1. The zero-order valence-electron chi connectivity index (χ0n) is 10.4. The van der Waals surface area contributed by atoms with Crippen LogP contribution in [0.1, 0.15) is 42.2 Å². The molecule has 0 aliphatic heterocycles. The summed E-state index contributed by atoms with van der Waals surface area (Å²) in [6, 6.07) is 0. The maximum absolute atomic E-state index is 11.9. The van der Waals surface area contributed by atoms with Crippen LogP contribution in [-0.2, 0) is 11.3 Å². The third-order valence-corrected chi connectivity index (χ3v) is 3.44. The van der Waals surface area contributed by atoms with E-state index in [0.717, 1.165) is 0 Å². The van der Waals surface area contributed by atoms with Crippen LogP contribution in [0.3, 0.4) is 0 Å². The smallest absolute Gasteiger partial charge is 0.329 e. The van der Waals surface area contributed by atoms with Gasteiger partial charge in [0.1, 0.15) is 16.2 Å². The number of nitrogens with two attached hydrogens (primary N) is 1. The number of hydrogen-bond donors (Lipinski definition) is 3. The maximum Gasteiger partial charge on any atom is 0.329 e. The van der Waals surface area contributed by atoms with E-state index in [2.05, 4.69) is 10.3 Å². The summed E-state index contributed by atoms with van der Waals surface area (Å²) in [5, 5.41) is 13.9.